The highest BCUT2D eigenvalue weighted by molar-refractivity contribution is 5.90. The van der Waals surface area contributed by atoms with E-state index in [1.165, 1.54) is 0 Å². The molecule has 0 fully saturated rings. The third-order valence-corrected chi connectivity index (χ3v) is 3.09. The zero-order valence-electron chi connectivity index (χ0n) is 12.7. The molecule has 1 aromatic carbocycles. The van der Waals surface area contributed by atoms with Gasteiger partial charge < -0.3 is 14.2 Å². The molecule has 0 radical (unpaired) electrons. The van der Waals surface area contributed by atoms with E-state index in [2.05, 4.69) is 11.1 Å². The first-order valence-electron chi connectivity index (χ1n) is 6.56. The zero-order valence-corrected chi connectivity index (χ0v) is 12.7. The lowest BCUT2D eigenvalue weighted by Crippen LogP contribution is -1.92. The Bertz CT molecular complexity index is 716. The number of ether oxygens (including phenoxy) is 3. The molecule has 0 aliphatic heterocycles. The molecule has 112 valence electrons. The lowest BCUT2D eigenvalue weighted by atomic mass is 10.0. The van der Waals surface area contributed by atoms with Crippen LogP contribution in [0.1, 0.15) is 11.1 Å². The van der Waals surface area contributed by atoms with E-state index in [1.54, 1.807) is 51.8 Å². The lowest BCUT2D eigenvalue weighted by molar-refractivity contribution is 0.355. The number of methoxy groups -OCH3 is 3. The number of hydrogen-bond donors (Lipinski definition) is 0. The molecule has 1 heterocycles. The Balaban J connectivity index is 2.38. The summed E-state index contributed by atoms with van der Waals surface area (Å²) in [7, 11) is 4.69. The molecule has 1 aromatic heterocycles. The van der Waals surface area contributed by atoms with Crippen LogP contribution >= 0.6 is 0 Å². The summed E-state index contributed by atoms with van der Waals surface area (Å²) in [6.07, 6.45) is 3.41. The van der Waals surface area contributed by atoms with Crippen LogP contribution < -0.4 is 14.2 Å². The van der Waals surface area contributed by atoms with Crippen LogP contribution in [0.3, 0.4) is 0 Å². The van der Waals surface area contributed by atoms with Gasteiger partial charge in [0, 0.05) is 12.3 Å². The Morgan fingerprint density at radius 3 is 2.36 bits per heavy atom. The molecule has 0 amide bonds. The Labute approximate surface area is 129 Å². The smallest absolute Gasteiger partial charge is 0.212 e. The van der Waals surface area contributed by atoms with Gasteiger partial charge in [0.25, 0.3) is 0 Å². The normalized spacial score (nSPS) is 10.7. The number of hydrogen-bond acceptors (Lipinski definition) is 5. The highest BCUT2D eigenvalue weighted by atomic mass is 16.5. The van der Waals surface area contributed by atoms with Crippen molar-refractivity contribution in [1.29, 1.82) is 5.26 Å². The summed E-state index contributed by atoms with van der Waals surface area (Å²) >= 11 is 0. The van der Waals surface area contributed by atoms with Gasteiger partial charge in [0.1, 0.15) is 0 Å². The lowest BCUT2D eigenvalue weighted by Gasteiger charge is -2.09. The molecule has 5 nitrogen and oxygen atoms in total. The molecule has 5 heteroatoms. The summed E-state index contributed by atoms with van der Waals surface area (Å²) in [5.74, 6) is 1.73. The second-order valence-electron chi connectivity index (χ2n) is 4.37. The number of allylic oxidation sites excluding steroid dienone is 1. The molecule has 2 aromatic rings. The number of nitriles is 1. The Morgan fingerprint density at radius 2 is 1.82 bits per heavy atom. The van der Waals surface area contributed by atoms with Crippen molar-refractivity contribution in [3.05, 3.63) is 47.7 Å². The maximum atomic E-state index is 9.40. The topological polar surface area (TPSA) is 64.4 Å². The van der Waals surface area contributed by atoms with E-state index in [1.807, 2.05) is 12.1 Å². The first-order chi connectivity index (χ1) is 10.7. The molecule has 2 rings (SSSR count). The van der Waals surface area contributed by atoms with Crippen molar-refractivity contribution in [2.75, 3.05) is 21.3 Å². The van der Waals surface area contributed by atoms with Crippen molar-refractivity contribution in [2.24, 2.45) is 0 Å². The Hall–Kier alpha value is -3.00. The Morgan fingerprint density at radius 1 is 1.05 bits per heavy atom. The van der Waals surface area contributed by atoms with Crippen molar-refractivity contribution in [3.63, 3.8) is 0 Å². The van der Waals surface area contributed by atoms with Crippen molar-refractivity contribution in [3.8, 4) is 23.4 Å². The average molecular weight is 296 g/mol. The molecule has 0 atom stereocenters. The standard InChI is InChI=1S/C17H16N2O3/c1-20-15-6-5-13(9-16(15)21-2)14(10-18)8-12-4-7-17(22-3)19-11-12/h4-9,11H,1-3H3. The largest absolute Gasteiger partial charge is 0.493 e. The van der Waals surface area contributed by atoms with Gasteiger partial charge in [0.2, 0.25) is 5.88 Å². The van der Waals surface area contributed by atoms with E-state index in [9.17, 15) is 5.26 Å². The minimum atomic E-state index is 0.507. The molecule has 0 aliphatic carbocycles. The van der Waals surface area contributed by atoms with Gasteiger partial charge in [-0.15, -0.1) is 0 Å². The Kier molecular flexibility index (Phi) is 4.99. The molecule has 0 saturated carbocycles. The molecule has 0 bridgehead atoms. The molecule has 0 N–H and O–H groups in total. The van der Waals surface area contributed by atoms with E-state index in [0.29, 0.717) is 23.0 Å². The molecular weight excluding hydrogens is 280 g/mol. The average Bonchev–Trinajstić information content (AvgIpc) is 2.59. The summed E-state index contributed by atoms with van der Waals surface area (Å²) in [5, 5.41) is 9.40. The van der Waals surface area contributed by atoms with Crippen molar-refractivity contribution in [2.45, 2.75) is 0 Å². The summed E-state index contributed by atoms with van der Waals surface area (Å²) in [6, 6.07) is 11.1. The molecule has 0 aliphatic rings. The second kappa shape index (κ2) is 7.14. The highest BCUT2D eigenvalue weighted by Gasteiger charge is 2.08. The van der Waals surface area contributed by atoms with Crippen molar-refractivity contribution >= 4 is 11.6 Å². The van der Waals surface area contributed by atoms with E-state index in [0.717, 1.165) is 11.1 Å². The van der Waals surface area contributed by atoms with Gasteiger partial charge in [-0.3, -0.25) is 0 Å². The highest BCUT2D eigenvalue weighted by Crippen LogP contribution is 2.30. The van der Waals surface area contributed by atoms with Crippen LogP contribution in [0.4, 0.5) is 0 Å². The number of benzene rings is 1. The fourth-order valence-electron chi connectivity index (χ4n) is 1.95. The summed E-state index contributed by atoms with van der Waals surface area (Å²) in [6.45, 7) is 0. The fourth-order valence-corrected chi connectivity index (χ4v) is 1.95. The van der Waals surface area contributed by atoms with Crippen molar-refractivity contribution < 1.29 is 14.2 Å². The number of nitrogens with zero attached hydrogens (tertiary/aromatic N) is 2. The molecule has 0 spiro atoms. The number of pyridine rings is 1. The van der Waals surface area contributed by atoms with Crippen LogP contribution in [-0.4, -0.2) is 26.3 Å². The van der Waals surface area contributed by atoms with Crippen LogP contribution in [0.5, 0.6) is 17.4 Å². The second-order valence-corrected chi connectivity index (χ2v) is 4.37. The predicted molar refractivity (Wildman–Crippen MR) is 83.8 cm³/mol. The van der Waals surface area contributed by atoms with Gasteiger partial charge in [0.15, 0.2) is 11.5 Å². The van der Waals surface area contributed by atoms with Crippen LogP contribution in [-0.2, 0) is 0 Å². The van der Waals surface area contributed by atoms with Gasteiger partial charge in [-0.1, -0.05) is 0 Å². The minimum absolute atomic E-state index is 0.507. The van der Waals surface area contributed by atoms with E-state index >= 15 is 0 Å². The summed E-state index contributed by atoms with van der Waals surface area (Å²) < 4.78 is 15.5. The van der Waals surface area contributed by atoms with Crippen LogP contribution in [0.25, 0.3) is 11.6 Å². The monoisotopic (exact) mass is 296 g/mol. The third-order valence-electron chi connectivity index (χ3n) is 3.09. The molecule has 0 saturated heterocycles. The molecule has 22 heavy (non-hydrogen) atoms. The van der Waals surface area contributed by atoms with E-state index < -0.39 is 0 Å². The van der Waals surface area contributed by atoms with Crippen LogP contribution in [0.2, 0.25) is 0 Å². The number of rotatable bonds is 5. The van der Waals surface area contributed by atoms with Gasteiger partial charge in [-0.25, -0.2) is 4.98 Å². The quantitative estimate of drug-likeness (QED) is 0.793. The van der Waals surface area contributed by atoms with Crippen LogP contribution in [0.15, 0.2) is 36.5 Å². The SMILES string of the molecule is COc1ccc(C=C(C#N)c2ccc(OC)c(OC)c2)cn1. The predicted octanol–water partition coefficient (Wildman–Crippen LogP) is 3.17. The van der Waals surface area contributed by atoms with Gasteiger partial charge >= 0.3 is 0 Å². The fraction of sp³-hybridized carbons (Fsp3) is 0.176. The molecular formula is C17H16N2O3. The summed E-state index contributed by atoms with van der Waals surface area (Å²) in [5.41, 5.74) is 2.07. The molecule has 0 unspecified atom stereocenters. The van der Waals surface area contributed by atoms with E-state index in [-0.39, 0.29) is 0 Å². The van der Waals surface area contributed by atoms with Gasteiger partial charge in [-0.05, 0) is 41.5 Å². The van der Waals surface area contributed by atoms with Gasteiger partial charge in [-0.2, -0.15) is 5.26 Å². The summed E-state index contributed by atoms with van der Waals surface area (Å²) in [4.78, 5) is 4.12. The minimum Gasteiger partial charge on any atom is -0.493 e. The maximum Gasteiger partial charge on any atom is 0.212 e. The van der Waals surface area contributed by atoms with E-state index in [4.69, 9.17) is 14.2 Å². The first kappa shape index (κ1) is 15.4. The maximum absolute atomic E-state index is 9.40. The number of aromatic nitrogens is 1. The van der Waals surface area contributed by atoms with Crippen molar-refractivity contribution in [1.82, 2.24) is 4.98 Å². The van der Waals surface area contributed by atoms with Gasteiger partial charge in [0.05, 0.1) is 33.0 Å². The third kappa shape index (κ3) is 3.36. The first-order valence-corrected chi connectivity index (χ1v) is 6.56. The van der Waals surface area contributed by atoms with Crippen LogP contribution in [0, 0.1) is 11.3 Å². The zero-order chi connectivity index (χ0) is 15.9.